The number of carbonyl (C=O) groups is 1. The van der Waals surface area contributed by atoms with Crippen LogP contribution in [-0.2, 0) is 4.79 Å². The topological polar surface area (TPSA) is 72.3 Å². The maximum atomic E-state index is 12.5. The fourth-order valence-corrected chi connectivity index (χ4v) is 3.01. The third kappa shape index (κ3) is 4.63. The number of hydrogen-bond donors (Lipinski definition) is 2. The highest BCUT2D eigenvalue weighted by Gasteiger charge is 2.44. The highest BCUT2D eigenvalue weighted by Crippen LogP contribution is 2.36. The highest BCUT2D eigenvalue weighted by molar-refractivity contribution is 5.85. The Morgan fingerprint density at radius 3 is 2.55 bits per heavy atom. The predicted molar refractivity (Wildman–Crippen MR) is 70.9 cm³/mol. The molecular formula is C13H24F3N3O. The Morgan fingerprint density at radius 1 is 1.40 bits per heavy atom. The van der Waals surface area contributed by atoms with E-state index in [1.54, 1.807) is 0 Å². The van der Waals surface area contributed by atoms with Crippen molar-refractivity contribution in [1.29, 1.82) is 0 Å². The van der Waals surface area contributed by atoms with E-state index in [1.807, 2.05) is 6.92 Å². The maximum Gasteiger partial charge on any atom is 0.401 e. The Labute approximate surface area is 117 Å². The van der Waals surface area contributed by atoms with Crippen LogP contribution >= 0.6 is 0 Å². The summed E-state index contributed by atoms with van der Waals surface area (Å²) in [6.07, 6.45) is -0.975. The van der Waals surface area contributed by atoms with Crippen LogP contribution in [0.4, 0.5) is 13.2 Å². The average Bonchev–Trinajstić information content (AvgIpc) is 2.67. The number of halogens is 3. The van der Waals surface area contributed by atoms with E-state index in [2.05, 4.69) is 0 Å². The van der Waals surface area contributed by atoms with Gasteiger partial charge in [0.05, 0.1) is 12.1 Å². The largest absolute Gasteiger partial charge is 0.401 e. The molecule has 0 aliphatic heterocycles. The second-order valence-corrected chi connectivity index (χ2v) is 5.67. The minimum absolute atomic E-state index is 0.118. The second-order valence-electron chi connectivity index (χ2n) is 5.67. The molecule has 0 heterocycles. The number of hydrogen-bond acceptors (Lipinski definition) is 3. The number of nitrogens with zero attached hydrogens (tertiary/aromatic N) is 1. The van der Waals surface area contributed by atoms with Gasteiger partial charge < -0.3 is 11.5 Å². The molecular weight excluding hydrogens is 271 g/mol. The van der Waals surface area contributed by atoms with E-state index >= 15 is 0 Å². The van der Waals surface area contributed by atoms with Gasteiger partial charge in [-0.05, 0) is 44.7 Å². The Morgan fingerprint density at radius 2 is 2.05 bits per heavy atom. The molecule has 1 saturated carbocycles. The fraction of sp³-hybridized carbons (Fsp3) is 0.923. The first-order valence-electron chi connectivity index (χ1n) is 7.07. The van der Waals surface area contributed by atoms with Crippen LogP contribution in [0, 0.1) is 5.92 Å². The Kier molecular flexibility index (Phi) is 5.82. The van der Waals surface area contributed by atoms with Crippen molar-refractivity contribution >= 4 is 5.91 Å². The Balaban J connectivity index is 2.56. The monoisotopic (exact) mass is 295 g/mol. The zero-order valence-corrected chi connectivity index (χ0v) is 11.9. The average molecular weight is 295 g/mol. The van der Waals surface area contributed by atoms with Gasteiger partial charge in [0.1, 0.15) is 0 Å². The third-order valence-electron chi connectivity index (χ3n) is 4.07. The molecule has 2 atom stereocenters. The molecule has 1 fully saturated rings. The normalized spacial score (nSPS) is 27.2. The second kappa shape index (κ2) is 6.76. The van der Waals surface area contributed by atoms with E-state index in [0.29, 0.717) is 32.4 Å². The van der Waals surface area contributed by atoms with E-state index < -0.39 is 24.2 Å². The predicted octanol–water partition coefficient (Wildman–Crippen LogP) is 1.63. The van der Waals surface area contributed by atoms with Crippen LogP contribution in [-0.4, -0.2) is 42.2 Å². The summed E-state index contributed by atoms with van der Waals surface area (Å²) in [7, 11) is 0. The standard InChI is InChI=1S/C13H24F3N3O/c1-2-7-19(9-13(14,15)16)8-5-10-4-3-6-12(10,18)11(17)20/h10H,2-9,18H2,1H3,(H2,17,20). The molecule has 20 heavy (non-hydrogen) atoms. The maximum absolute atomic E-state index is 12.5. The lowest BCUT2D eigenvalue weighted by atomic mass is 9.85. The van der Waals surface area contributed by atoms with Crippen LogP contribution < -0.4 is 11.5 Å². The van der Waals surface area contributed by atoms with Crippen LogP contribution in [0.3, 0.4) is 0 Å². The first kappa shape index (κ1) is 17.2. The molecule has 0 spiro atoms. The zero-order chi connectivity index (χ0) is 15.4. The molecule has 0 aromatic heterocycles. The summed E-state index contributed by atoms with van der Waals surface area (Å²) in [6, 6.07) is 0. The fourth-order valence-electron chi connectivity index (χ4n) is 3.01. The summed E-state index contributed by atoms with van der Waals surface area (Å²) in [5.74, 6) is -0.662. The van der Waals surface area contributed by atoms with Crippen molar-refractivity contribution in [1.82, 2.24) is 4.90 Å². The number of nitrogens with two attached hydrogens (primary N) is 2. The molecule has 0 radical (unpaired) electrons. The first-order valence-corrected chi connectivity index (χ1v) is 7.07. The van der Waals surface area contributed by atoms with Gasteiger partial charge >= 0.3 is 6.18 Å². The number of alkyl halides is 3. The summed E-state index contributed by atoms with van der Waals surface area (Å²) >= 11 is 0. The van der Waals surface area contributed by atoms with E-state index in [1.165, 1.54) is 4.90 Å². The molecule has 1 aliphatic rings. The lowest BCUT2D eigenvalue weighted by molar-refractivity contribution is -0.146. The molecule has 0 bridgehead atoms. The van der Waals surface area contributed by atoms with E-state index in [0.717, 1.165) is 12.8 Å². The van der Waals surface area contributed by atoms with Gasteiger partial charge in [-0.15, -0.1) is 0 Å². The molecule has 1 rings (SSSR count). The van der Waals surface area contributed by atoms with Gasteiger partial charge in [-0.1, -0.05) is 13.3 Å². The number of rotatable bonds is 7. The minimum Gasteiger partial charge on any atom is -0.368 e. The summed E-state index contributed by atoms with van der Waals surface area (Å²) in [5, 5.41) is 0. The van der Waals surface area contributed by atoms with Crippen LogP contribution in [0.15, 0.2) is 0 Å². The van der Waals surface area contributed by atoms with Crippen molar-refractivity contribution in [2.45, 2.75) is 50.7 Å². The Bertz CT molecular complexity index is 335. The van der Waals surface area contributed by atoms with Gasteiger partial charge in [0.2, 0.25) is 5.91 Å². The van der Waals surface area contributed by atoms with E-state index in [9.17, 15) is 18.0 Å². The van der Waals surface area contributed by atoms with Crippen LogP contribution in [0.1, 0.15) is 39.0 Å². The molecule has 0 aromatic carbocycles. The van der Waals surface area contributed by atoms with Gasteiger partial charge in [-0.3, -0.25) is 9.69 Å². The van der Waals surface area contributed by atoms with Crippen molar-refractivity contribution in [3.8, 4) is 0 Å². The van der Waals surface area contributed by atoms with Crippen molar-refractivity contribution in [3.63, 3.8) is 0 Å². The summed E-state index contributed by atoms with van der Waals surface area (Å²) in [6.45, 7) is 1.61. The van der Waals surface area contributed by atoms with Crippen LogP contribution in [0.5, 0.6) is 0 Å². The van der Waals surface area contributed by atoms with Crippen molar-refractivity contribution in [3.05, 3.63) is 0 Å². The van der Waals surface area contributed by atoms with Gasteiger partial charge in [0.25, 0.3) is 0 Å². The molecule has 118 valence electrons. The number of carbonyl (C=O) groups excluding carboxylic acids is 1. The lowest BCUT2D eigenvalue weighted by Crippen LogP contribution is -2.55. The smallest absolute Gasteiger partial charge is 0.368 e. The van der Waals surface area contributed by atoms with Gasteiger partial charge in [0, 0.05) is 0 Å². The lowest BCUT2D eigenvalue weighted by Gasteiger charge is -2.30. The van der Waals surface area contributed by atoms with Gasteiger partial charge in [0.15, 0.2) is 0 Å². The molecule has 1 aliphatic carbocycles. The minimum atomic E-state index is -4.20. The SMILES string of the molecule is CCCN(CCC1CCCC1(N)C(N)=O)CC(F)(F)F. The van der Waals surface area contributed by atoms with Crippen molar-refractivity contribution in [2.24, 2.45) is 17.4 Å². The number of primary amides is 1. The van der Waals surface area contributed by atoms with Crippen molar-refractivity contribution in [2.75, 3.05) is 19.6 Å². The molecule has 7 heteroatoms. The molecule has 0 saturated heterocycles. The molecule has 1 amide bonds. The van der Waals surface area contributed by atoms with Crippen LogP contribution in [0.25, 0.3) is 0 Å². The number of amides is 1. The summed E-state index contributed by atoms with van der Waals surface area (Å²) in [5.41, 5.74) is 10.3. The van der Waals surface area contributed by atoms with Gasteiger partial charge in [-0.2, -0.15) is 13.2 Å². The Hall–Kier alpha value is -0.820. The highest BCUT2D eigenvalue weighted by atomic mass is 19.4. The van der Waals surface area contributed by atoms with Crippen molar-refractivity contribution < 1.29 is 18.0 Å². The summed E-state index contributed by atoms with van der Waals surface area (Å²) in [4.78, 5) is 12.8. The first-order chi connectivity index (χ1) is 9.19. The summed E-state index contributed by atoms with van der Waals surface area (Å²) < 4.78 is 37.4. The van der Waals surface area contributed by atoms with Gasteiger partial charge in [-0.25, -0.2) is 0 Å². The molecule has 4 nitrogen and oxygen atoms in total. The third-order valence-corrected chi connectivity index (χ3v) is 4.07. The van der Waals surface area contributed by atoms with Crippen LogP contribution in [0.2, 0.25) is 0 Å². The van der Waals surface area contributed by atoms with E-state index in [-0.39, 0.29) is 5.92 Å². The quantitative estimate of drug-likeness (QED) is 0.750. The van der Waals surface area contributed by atoms with E-state index in [4.69, 9.17) is 11.5 Å². The zero-order valence-electron chi connectivity index (χ0n) is 11.9. The molecule has 2 unspecified atom stereocenters. The molecule has 4 N–H and O–H groups in total. The molecule has 0 aromatic rings.